The lowest BCUT2D eigenvalue weighted by Crippen LogP contribution is -2.38. The van der Waals surface area contributed by atoms with Crippen molar-refractivity contribution in [1.82, 2.24) is 0 Å². The molecule has 84 valence electrons. The van der Waals surface area contributed by atoms with Gasteiger partial charge < -0.3 is 4.74 Å². The quantitative estimate of drug-likeness (QED) is 0.828. The monoisotopic (exact) mass is 279 g/mol. The molecule has 1 saturated carbocycles. The topological polar surface area (TPSA) is 33.0 Å². The van der Waals surface area contributed by atoms with Crippen LogP contribution in [0.1, 0.15) is 25.3 Å². The van der Waals surface area contributed by atoms with Crippen molar-refractivity contribution in [2.45, 2.75) is 25.2 Å². The SMILES string of the molecule is COc1cc(Br)cc(C2(C#N)CC(C)C2)c1. The molecule has 1 aromatic carbocycles. The Kier molecular flexibility index (Phi) is 2.94. The van der Waals surface area contributed by atoms with Crippen molar-refractivity contribution in [2.24, 2.45) is 5.92 Å². The molecule has 0 aliphatic heterocycles. The Balaban J connectivity index is 2.40. The van der Waals surface area contributed by atoms with Gasteiger partial charge in [0, 0.05) is 4.47 Å². The third-order valence-electron chi connectivity index (χ3n) is 3.27. The van der Waals surface area contributed by atoms with Crippen LogP contribution in [0.15, 0.2) is 22.7 Å². The van der Waals surface area contributed by atoms with Crippen LogP contribution in [0.2, 0.25) is 0 Å². The molecule has 0 spiro atoms. The van der Waals surface area contributed by atoms with Gasteiger partial charge in [-0.2, -0.15) is 5.26 Å². The summed E-state index contributed by atoms with van der Waals surface area (Å²) in [6, 6.07) is 8.37. The van der Waals surface area contributed by atoms with Crippen molar-refractivity contribution >= 4 is 15.9 Å². The molecular weight excluding hydrogens is 266 g/mol. The molecule has 0 unspecified atom stereocenters. The van der Waals surface area contributed by atoms with E-state index in [2.05, 4.69) is 28.9 Å². The lowest BCUT2D eigenvalue weighted by Gasteiger charge is -2.41. The second-order valence-electron chi connectivity index (χ2n) is 4.59. The second-order valence-corrected chi connectivity index (χ2v) is 5.50. The van der Waals surface area contributed by atoms with Gasteiger partial charge in [-0.1, -0.05) is 22.9 Å². The predicted octanol–water partition coefficient (Wildman–Crippen LogP) is 3.65. The van der Waals surface area contributed by atoms with Crippen LogP contribution in [0.25, 0.3) is 0 Å². The number of halogens is 1. The van der Waals surface area contributed by atoms with Crippen molar-refractivity contribution in [3.05, 3.63) is 28.2 Å². The summed E-state index contributed by atoms with van der Waals surface area (Å²) in [7, 11) is 1.65. The van der Waals surface area contributed by atoms with Crippen LogP contribution < -0.4 is 4.74 Å². The summed E-state index contributed by atoms with van der Waals surface area (Å²) in [6.45, 7) is 2.19. The smallest absolute Gasteiger partial charge is 0.120 e. The Hall–Kier alpha value is -1.01. The number of nitrogens with zero attached hydrogens (tertiary/aromatic N) is 1. The molecule has 0 radical (unpaired) electrons. The maximum absolute atomic E-state index is 9.36. The van der Waals surface area contributed by atoms with Gasteiger partial charge in [-0.05, 0) is 42.5 Å². The zero-order chi connectivity index (χ0) is 11.8. The van der Waals surface area contributed by atoms with Crippen LogP contribution in [0.3, 0.4) is 0 Å². The van der Waals surface area contributed by atoms with Crippen LogP contribution in [0.4, 0.5) is 0 Å². The lowest BCUT2D eigenvalue weighted by atomic mass is 9.60. The zero-order valence-electron chi connectivity index (χ0n) is 9.46. The molecule has 0 heterocycles. The van der Waals surface area contributed by atoms with Crippen molar-refractivity contribution in [3.8, 4) is 11.8 Å². The van der Waals surface area contributed by atoms with E-state index >= 15 is 0 Å². The molecule has 0 N–H and O–H groups in total. The molecule has 1 aromatic rings. The molecule has 1 aliphatic rings. The van der Waals surface area contributed by atoms with E-state index in [-0.39, 0.29) is 5.41 Å². The van der Waals surface area contributed by atoms with Gasteiger partial charge in [0.1, 0.15) is 5.75 Å². The first-order chi connectivity index (χ1) is 7.59. The molecule has 0 aromatic heterocycles. The predicted molar refractivity (Wildman–Crippen MR) is 66.4 cm³/mol. The molecule has 2 nitrogen and oxygen atoms in total. The molecule has 0 amide bonds. The largest absolute Gasteiger partial charge is 0.497 e. The number of ether oxygens (including phenoxy) is 1. The van der Waals surface area contributed by atoms with Gasteiger partial charge in [-0.25, -0.2) is 0 Å². The zero-order valence-corrected chi connectivity index (χ0v) is 11.0. The van der Waals surface area contributed by atoms with Gasteiger partial charge in [0.05, 0.1) is 18.6 Å². The molecule has 2 rings (SSSR count). The van der Waals surface area contributed by atoms with E-state index in [1.165, 1.54) is 0 Å². The Morgan fingerprint density at radius 3 is 2.62 bits per heavy atom. The van der Waals surface area contributed by atoms with Crippen LogP contribution >= 0.6 is 15.9 Å². The first-order valence-corrected chi connectivity index (χ1v) is 6.15. The highest BCUT2D eigenvalue weighted by Crippen LogP contribution is 2.48. The molecule has 0 atom stereocenters. The standard InChI is InChI=1S/C13H14BrNO/c1-9-6-13(7-9,8-15)10-3-11(14)5-12(4-10)16-2/h3-5,9H,6-7H2,1-2H3. The van der Waals surface area contributed by atoms with Gasteiger partial charge in [0.2, 0.25) is 0 Å². The minimum atomic E-state index is -0.295. The highest BCUT2D eigenvalue weighted by Gasteiger charge is 2.44. The van der Waals surface area contributed by atoms with E-state index in [9.17, 15) is 5.26 Å². The van der Waals surface area contributed by atoms with E-state index < -0.39 is 0 Å². The summed E-state index contributed by atoms with van der Waals surface area (Å²) in [4.78, 5) is 0. The maximum Gasteiger partial charge on any atom is 0.120 e. The van der Waals surface area contributed by atoms with Crippen LogP contribution in [-0.2, 0) is 5.41 Å². The Morgan fingerprint density at radius 1 is 1.44 bits per heavy atom. The van der Waals surface area contributed by atoms with Gasteiger partial charge in [0.15, 0.2) is 0 Å². The third kappa shape index (κ3) is 1.82. The number of benzene rings is 1. The first-order valence-electron chi connectivity index (χ1n) is 5.36. The molecule has 1 aliphatic carbocycles. The Labute approximate surface area is 104 Å². The molecule has 16 heavy (non-hydrogen) atoms. The number of nitriles is 1. The molecular formula is C13H14BrNO. The van der Waals surface area contributed by atoms with E-state index in [0.29, 0.717) is 5.92 Å². The minimum Gasteiger partial charge on any atom is -0.497 e. The summed E-state index contributed by atoms with van der Waals surface area (Å²) in [5.74, 6) is 1.45. The number of hydrogen-bond acceptors (Lipinski definition) is 2. The fourth-order valence-corrected chi connectivity index (χ4v) is 2.95. The summed E-state index contributed by atoms with van der Waals surface area (Å²) in [6.07, 6.45) is 1.90. The summed E-state index contributed by atoms with van der Waals surface area (Å²) in [5.41, 5.74) is 0.774. The molecule has 1 fully saturated rings. The normalized spacial score (nSPS) is 28.0. The molecule has 0 saturated heterocycles. The number of rotatable bonds is 2. The fourth-order valence-electron chi connectivity index (χ4n) is 2.48. The van der Waals surface area contributed by atoms with Crippen molar-refractivity contribution in [2.75, 3.05) is 7.11 Å². The summed E-state index contributed by atoms with van der Waals surface area (Å²) >= 11 is 3.45. The average molecular weight is 280 g/mol. The lowest BCUT2D eigenvalue weighted by molar-refractivity contribution is 0.216. The Morgan fingerprint density at radius 2 is 2.12 bits per heavy atom. The van der Waals surface area contributed by atoms with E-state index in [4.69, 9.17) is 4.74 Å². The summed E-state index contributed by atoms with van der Waals surface area (Å²) < 4.78 is 6.20. The fraction of sp³-hybridized carbons (Fsp3) is 0.462. The van der Waals surface area contributed by atoms with E-state index in [1.54, 1.807) is 7.11 Å². The van der Waals surface area contributed by atoms with Crippen molar-refractivity contribution in [1.29, 1.82) is 5.26 Å². The summed E-state index contributed by atoms with van der Waals surface area (Å²) in [5, 5.41) is 9.36. The van der Waals surface area contributed by atoms with Gasteiger partial charge >= 0.3 is 0 Å². The van der Waals surface area contributed by atoms with Gasteiger partial charge in [0.25, 0.3) is 0 Å². The first kappa shape index (κ1) is 11.5. The van der Waals surface area contributed by atoms with E-state index in [1.807, 2.05) is 18.2 Å². The number of methoxy groups -OCH3 is 1. The van der Waals surface area contributed by atoms with Crippen LogP contribution in [0, 0.1) is 17.2 Å². The van der Waals surface area contributed by atoms with Crippen molar-refractivity contribution in [3.63, 3.8) is 0 Å². The average Bonchev–Trinajstić information content (AvgIpc) is 2.23. The van der Waals surface area contributed by atoms with E-state index in [0.717, 1.165) is 28.6 Å². The van der Waals surface area contributed by atoms with Crippen LogP contribution in [-0.4, -0.2) is 7.11 Å². The van der Waals surface area contributed by atoms with Crippen molar-refractivity contribution < 1.29 is 4.74 Å². The molecule has 0 bridgehead atoms. The van der Waals surface area contributed by atoms with Crippen LogP contribution in [0.5, 0.6) is 5.75 Å². The second kappa shape index (κ2) is 4.10. The third-order valence-corrected chi connectivity index (χ3v) is 3.73. The minimum absolute atomic E-state index is 0.295. The highest BCUT2D eigenvalue weighted by atomic mass is 79.9. The Bertz CT molecular complexity index is 444. The van der Waals surface area contributed by atoms with Gasteiger partial charge in [-0.3, -0.25) is 0 Å². The highest BCUT2D eigenvalue weighted by molar-refractivity contribution is 9.10. The maximum atomic E-state index is 9.36. The molecule has 3 heteroatoms. The van der Waals surface area contributed by atoms with Gasteiger partial charge in [-0.15, -0.1) is 0 Å². The number of hydrogen-bond donors (Lipinski definition) is 0.